The maximum atomic E-state index is 12.9. The van der Waals surface area contributed by atoms with Crippen LogP contribution in [-0.2, 0) is 4.79 Å². The van der Waals surface area contributed by atoms with E-state index in [0.29, 0.717) is 48.1 Å². The Morgan fingerprint density at radius 2 is 1.91 bits per heavy atom. The van der Waals surface area contributed by atoms with Gasteiger partial charge in [0.2, 0.25) is 5.91 Å². The van der Waals surface area contributed by atoms with Crippen LogP contribution in [0.15, 0.2) is 47.6 Å². The molecule has 5 rings (SSSR count). The molecule has 0 bridgehead atoms. The molecule has 0 spiro atoms. The quantitative estimate of drug-likeness (QED) is 0.223. The van der Waals surface area contributed by atoms with Crippen molar-refractivity contribution in [2.24, 2.45) is 0 Å². The summed E-state index contributed by atoms with van der Waals surface area (Å²) in [5.41, 5.74) is 1.36. The molecule has 2 aliphatic rings. The fourth-order valence-electron chi connectivity index (χ4n) is 3.98. The van der Waals surface area contributed by atoms with Crippen LogP contribution in [0.1, 0.15) is 12.8 Å². The largest absolute Gasteiger partial charge is 0.367 e. The maximum Gasteiger partial charge on any atom is 0.294 e. The second kappa shape index (κ2) is 9.63. The number of benzene rings is 2. The fourth-order valence-corrected chi connectivity index (χ4v) is 4.90. The molecular weight excluding hydrogens is 476 g/mol. The lowest BCUT2D eigenvalue weighted by Gasteiger charge is -2.35. The lowest BCUT2D eigenvalue weighted by Crippen LogP contribution is -2.49. The van der Waals surface area contributed by atoms with Gasteiger partial charge in [-0.3, -0.25) is 14.9 Å². The summed E-state index contributed by atoms with van der Waals surface area (Å²) in [7, 11) is 0. The van der Waals surface area contributed by atoms with Crippen LogP contribution >= 0.6 is 23.4 Å². The third kappa shape index (κ3) is 5.02. The van der Waals surface area contributed by atoms with Gasteiger partial charge >= 0.3 is 0 Å². The Morgan fingerprint density at radius 3 is 2.65 bits per heavy atom. The van der Waals surface area contributed by atoms with E-state index in [1.54, 1.807) is 17.0 Å². The number of nitro groups is 1. The molecule has 3 aromatic rings. The lowest BCUT2D eigenvalue weighted by molar-refractivity contribution is -0.384. The van der Waals surface area contributed by atoms with E-state index in [2.05, 4.69) is 15.3 Å². The second-order valence-corrected chi connectivity index (χ2v) is 9.72. The number of amides is 1. The van der Waals surface area contributed by atoms with E-state index >= 15 is 0 Å². The summed E-state index contributed by atoms with van der Waals surface area (Å²) in [5, 5.41) is 16.8. The molecular formula is C23H23ClN6O3S. The van der Waals surface area contributed by atoms with Gasteiger partial charge < -0.3 is 15.1 Å². The Labute approximate surface area is 205 Å². The van der Waals surface area contributed by atoms with E-state index in [1.807, 2.05) is 29.2 Å². The Balaban J connectivity index is 1.21. The molecule has 0 atom stereocenters. The van der Waals surface area contributed by atoms with Crippen LogP contribution in [0.25, 0.3) is 10.9 Å². The number of anilines is 2. The summed E-state index contributed by atoms with van der Waals surface area (Å²) in [6.45, 7) is 2.01. The molecule has 9 nitrogen and oxygen atoms in total. The number of carbonyl (C=O) groups excluding carboxylic acids is 1. The average molecular weight is 499 g/mol. The summed E-state index contributed by atoms with van der Waals surface area (Å²) < 4.78 is 0. The highest BCUT2D eigenvalue weighted by Gasteiger charge is 2.27. The van der Waals surface area contributed by atoms with Crippen LogP contribution in [-0.4, -0.2) is 63.7 Å². The van der Waals surface area contributed by atoms with Crippen molar-refractivity contribution in [2.75, 3.05) is 42.1 Å². The van der Waals surface area contributed by atoms with E-state index in [9.17, 15) is 14.9 Å². The summed E-state index contributed by atoms with van der Waals surface area (Å²) in [5.74, 6) is 1.06. The molecule has 1 aliphatic carbocycles. The molecule has 1 amide bonds. The normalized spacial score (nSPS) is 16.0. The summed E-state index contributed by atoms with van der Waals surface area (Å²) in [6, 6.07) is 13.0. The Hall–Kier alpha value is -3.11. The third-order valence-corrected chi connectivity index (χ3v) is 7.00. The number of nitrogens with zero attached hydrogens (tertiary/aromatic N) is 5. The summed E-state index contributed by atoms with van der Waals surface area (Å²) in [6.07, 6.45) is 2.29. The summed E-state index contributed by atoms with van der Waals surface area (Å²) >= 11 is 7.26. The second-order valence-electron chi connectivity index (χ2n) is 8.34. The van der Waals surface area contributed by atoms with Crippen molar-refractivity contribution in [3.05, 3.63) is 57.6 Å². The van der Waals surface area contributed by atoms with Crippen LogP contribution in [0.3, 0.4) is 0 Å². The van der Waals surface area contributed by atoms with Crippen LogP contribution in [0.5, 0.6) is 0 Å². The van der Waals surface area contributed by atoms with Crippen molar-refractivity contribution in [1.29, 1.82) is 0 Å². The van der Waals surface area contributed by atoms with Crippen molar-refractivity contribution in [1.82, 2.24) is 14.9 Å². The third-order valence-electron chi connectivity index (χ3n) is 5.93. The predicted molar refractivity (Wildman–Crippen MR) is 134 cm³/mol. The van der Waals surface area contributed by atoms with Crippen LogP contribution in [0.2, 0.25) is 5.02 Å². The maximum absolute atomic E-state index is 12.9. The van der Waals surface area contributed by atoms with E-state index in [0.717, 1.165) is 29.6 Å². The van der Waals surface area contributed by atoms with E-state index in [4.69, 9.17) is 11.6 Å². The number of hydrogen-bond donors (Lipinski definition) is 1. The molecule has 0 radical (unpaired) electrons. The molecule has 1 saturated carbocycles. The smallest absolute Gasteiger partial charge is 0.294 e. The van der Waals surface area contributed by atoms with Gasteiger partial charge in [-0.15, -0.1) is 0 Å². The topological polar surface area (TPSA) is 104 Å². The number of carbonyl (C=O) groups is 1. The lowest BCUT2D eigenvalue weighted by atomic mass is 10.2. The molecule has 1 aliphatic heterocycles. The highest BCUT2D eigenvalue weighted by atomic mass is 35.5. The number of rotatable bonds is 7. The van der Waals surface area contributed by atoms with Crippen molar-refractivity contribution in [3.8, 4) is 0 Å². The molecule has 11 heteroatoms. The molecule has 1 N–H and O–H groups in total. The zero-order chi connectivity index (χ0) is 23.7. The van der Waals surface area contributed by atoms with Gasteiger partial charge in [0.25, 0.3) is 5.69 Å². The Kier molecular flexibility index (Phi) is 6.42. The van der Waals surface area contributed by atoms with Crippen molar-refractivity contribution in [3.63, 3.8) is 0 Å². The van der Waals surface area contributed by atoms with E-state index in [-0.39, 0.29) is 17.3 Å². The van der Waals surface area contributed by atoms with E-state index < -0.39 is 4.92 Å². The van der Waals surface area contributed by atoms with Gasteiger partial charge in [-0.1, -0.05) is 35.5 Å². The molecule has 1 aromatic heterocycles. The van der Waals surface area contributed by atoms with Crippen molar-refractivity contribution < 1.29 is 9.72 Å². The minimum atomic E-state index is -0.425. The number of halogens is 1. The first kappa shape index (κ1) is 22.7. The highest BCUT2D eigenvalue weighted by Crippen LogP contribution is 2.32. The van der Waals surface area contributed by atoms with Crippen molar-refractivity contribution >= 4 is 57.4 Å². The number of hydrogen-bond acceptors (Lipinski definition) is 8. The first-order chi connectivity index (χ1) is 16.5. The predicted octanol–water partition coefficient (Wildman–Crippen LogP) is 4.21. The first-order valence-corrected chi connectivity index (χ1v) is 12.5. The highest BCUT2D eigenvalue weighted by molar-refractivity contribution is 7.99. The van der Waals surface area contributed by atoms with E-state index in [1.165, 1.54) is 17.8 Å². The molecule has 2 aromatic carbocycles. The molecule has 2 heterocycles. The van der Waals surface area contributed by atoms with Gasteiger partial charge in [0.1, 0.15) is 11.5 Å². The molecule has 2 fully saturated rings. The SMILES string of the molecule is O=C(CSc1nc(NC2CC2)c2ccccc2n1)N1CCN(c2ccc(Cl)cc2[N+](=O)[O-])CC1. The van der Waals surface area contributed by atoms with Crippen molar-refractivity contribution in [2.45, 2.75) is 24.0 Å². The zero-order valence-electron chi connectivity index (χ0n) is 18.3. The van der Waals surface area contributed by atoms with Crippen LogP contribution in [0, 0.1) is 10.1 Å². The number of nitro benzene ring substituents is 1. The van der Waals surface area contributed by atoms with Gasteiger partial charge in [-0.05, 0) is 37.1 Å². The van der Waals surface area contributed by atoms with Gasteiger partial charge in [0, 0.05) is 48.7 Å². The number of fused-ring (bicyclic) bond motifs is 1. The van der Waals surface area contributed by atoms with Gasteiger partial charge in [0.05, 0.1) is 16.2 Å². The minimum absolute atomic E-state index is 0.00344. The molecule has 176 valence electrons. The number of piperazine rings is 1. The fraction of sp³-hybridized carbons (Fsp3) is 0.348. The van der Waals surface area contributed by atoms with Crippen LogP contribution < -0.4 is 10.2 Å². The van der Waals surface area contributed by atoms with Gasteiger partial charge in [0.15, 0.2) is 5.16 Å². The number of thioether (sulfide) groups is 1. The first-order valence-electron chi connectivity index (χ1n) is 11.1. The van der Waals surface area contributed by atoms with Crippen LogP contribution in [0.4, 0.5) is 17.2 Å². The average Bonchev–Trinajstić information content (AvgIpc) is 3.66. The molecule has 34 heavy (non-hydrogen) atoms. The Bertz CT molecular complexity index is 1250. The number of para-hydroxylation sites is 1. The minimum Gasteiger partial charge on any atom is -0.367 e. The Morgan fingerprint density at radius 1 is 1.15 bits per heavy atom. The van der Waals surface area contributed by atoms with Gasteiger partial charge in [-0.2, -0.15) is 0 Å². The zero-order valence-corrected chi connectivity index (χ0v) is 19.9. The van der Waals surface area contributed by atoms with Gasteiger partial charge in [-0.25, -0.2) is 9.97 Å². The molecule has 1 saturated heterocycles. The summed E-state index contributed by atoms with van der Waals surface area (Å²) in [4.78, 5) is 36.9. The number of nitrogens with one attached hydrogen (secondary N) is 1. The standard InChI is InChI=1S/C23H23ClN6O3S/c24-15-5-8-19(20(13-15)30(32)33)28-9-11-29(12-10-28)21(31)14-34-23-26-18-4-2-1-3-17(18)22(27-23)25-16-6-7-16/h1-5,8,13,16H,6-7,9-12,14H2,(H,25,26,27). The molecule has 0 unspecified atom stereocenters. The number of aromatic nitrogens is 2. The monoisotopic (exact) mass is 498 g/mol.